The van der Waals surface area contributed by atoms with E-state index in [1.54, 1.807) is 0 Å². The second-order valence-electron chi connectivity index (χ2n) is 9.23. The van der Waals surface area contributed by atoms with E-state index in [-0.39, 0.29) is 5.92 Å². The van der Waals surface area contributed by atoms with Crippen LogP contribution in [0.4, 0.5) is 0 Å². The lowest BCUT2D eigenvalue weighted by Crippen LogP contribution is -2.43. The molecular formula is C26H27N3O. The molecule has 4 nitrogen and oxygen atoms in total. The quantitative estimate of drug-likeness (QED) is 0.622. The van der Waals surface area contributed by atoms with Gasteiger partial charge >= 0.3 is 0 Å². The summed E-state index contributed by atoms with van der Waals surface area (Å²) in [5, 5.41) is 10.2. The Kier molecular flexibility index (Phi) is 4.26. The standard InChI is InChI=1S/C26H27N3O/c30-26(23-14-17-10-11-19(23)13-17)29-12-4-7-20(16-29)25-24(15-27-28-25)22-9-3-6-18-5-1-2-8-21(18)22/h1-3,5-6,8-11,15,17,19-20,23H,4,7,12-14,16H2,(H,27,28)/t17-,19+,20+,23+/m1/s1. The number of amides is 1. The summed E-state index contributed by atoms with van der Waals surface area (Å²) in [4.78, 5) is 15.4. The molecule has 1 aliphatic heterocycles. The van der Waals surface area contributed by atoms with Crippen molar-refractivity contribution in [2.45, 2.75) is 31.6 Å². The van der Waals surface area contributed by atoms with Crippen LogP contribution in [0.3, 0.4) is 0 Å². The van der Waals surface area contributed by atoms with Gasteiger partial charge in [-0.3, -0.25) is 9.89 Å². The van der Waals surface area contributed by atoms with Gasteiger partial charge in [-0.1, -0.05) is 54.6 Å². The fourth-order valence-corrected chi connectivity index (χ4v) is 5.99. The highest BCUT2D eigenvalue weighted by molar-refractivity contribution is 5.97. The summed E-state index contributed by atoms with van der Waals surface area (Å²) in [6, 6.07) is 15.0. The van der Waals surface area contributed by atoms with E-state index in [0.29, 0.717) is 23.7 Å². The first-order valence-electron chi connectivity index (χ1n) is 11.3. The molecule has 0 radical (unpaired) electrons. The fraction of sp³-hybridized carbons (Fsp3) is 0.385. The first-order chi connectivity index (χ1) is 14.8. The van der Waals surface area contributed by atoms with Crippen molar-refractivity contribution in [2.24, 2.45) is 17.8 Å². The van der Waals surface area contributed by atoms with E-state index >= 15 is 0 Å². The molecule has 6 rings (SSSR count). The molecule has 1 saturated carbocycles. The summed E-state index contributed by atoms with van der Waals surface area (Å²) in [6.45, 7) is 1.70. The maximum atomic E-state index is 13.3. The number of fused-ring (bicyclic) bond motifs is 3. The average Bonchev–Trinajstić information content (AvgIpc) is 3.55. The molecule has 0 spiro atoms. The van der Waals surface area contributed by atoms with Gasteiger partial charge < -0.3 is 4.90 Å². The van der Waals surface area contributed by atoms with E-state index in [9.17, 15) is 4.79 Å². The number of likely N-dealkylation sites (tertiary alicyclic amines) is 1. The second-order valence-corrected chi connectivity index (χ2v) is 9.23. The highest BCUT2D eigenvalue weighted by Crippen LogP contribution is 2.45. The summed E-state index contributed by atoms with van der Waals surface area (Å²) >= 11 is 0. The first kappa shape index (κ1) is 17.9. The Morgan fingerprint density at radius 2 is 1.93 bits per heavy atom. The van der Waals surface area contributed by atoms with Gasteiger partial charge in [0.1, 0.15) is 0 Å². The third-order valence-corrected chi connectivity index (χ3v) is 7.49. The van der Waals surface area contributed by atoms with E-state index < -0.39 is 0 Å². The van der Waals surface area contributed by atoms with E-state index in [1.165, 1.54) is 34.0 Å². The lowest BCUT2D eigenvalue weighted by Gasteiger charge is -2.35. The zero-order chi connectivity index (χ0) is 20.1. The number of allylic oxidation sites excluding steroid dienone is 2. The smallest absolute Gasteiger partial charge is 0.226 e. The van der Waals surface area contributed by atoms with Crippen molar-refractivity contribution >= 4 is 16.7 Å². The van der Waals surface area contributed by atoms with Crippen LogP contribution < -0.4 is 0 Å². The Bertz CT molecular complexity index is 1120. The number of hydrogen-bond acceptors (Lipinski definition) is 2. The molecule has 4 atom stereocenters. The number of aromatic amines is 1. The number of carbonyl (C=O) groups is 1. The lowest BCUT2D eigenvalue weighted by molar-refractivity contribution is -0.137. The number of nitrogens with one attached hydrogen (secondary N) is 1. The minimum Gasteiger partial charge on any atom is -0.342 e. The Labute approximate surface area is 177 Å². The monoisotopic (exact) mass is 397 g/mol. The van der Waals surface area contributed by atoms with Crippen LogP contribution in [0, 0.1) is 17.8 Å². The Morgan fingerprint density at radius 1 is 1.03 bits per heavy atom. The molecule has 0 unspecified atom stereocenters. The molecule has 3 aliphatic rings. The molecule has 1 N–H and O–H groups in total. The largest absolute Gasteiger partial charge is 0.342 e. The molecular weight excluding hydrogens is 370 g/mol. The summed E-state index contributed by atoms with van der Waals surface area (Å²) < 4.78 is 0. The first-order valence-corrected chi connectivity index (χ1v) is 11.3. The third-order valence-electron chi connectivity index (χ3n) is 7.49. The molecule has 2 aromatic carbocycles. The van der Waals surface area contributed by atoms with Crippen LogP contribution in [0.1, 0.15) is 37.3 Å². The van der Waals surface area contributed by atoms with E-state index in [4.69, 9.17) is 0 Å². The van der Waals surface area contributed by atoms with Gasteiger partial charge in [-0.2, -0.15) is 5.10 Å². The zero-order valence-corrected chi connectivity index (χ0v) is 17.1. The molecule has 30 heavy (non-hydrogen) atoms. The zero-order valence-electron chi connectivity index (χ0n) is 17.1. The summed E-state index contributed by atoms with van der Waals surface area (Å²) in [5.74, 6) is 2.01. The van der Waals surface area contributed by atoms with Gasteiger partial charge in [-0.25, -0.2) is 0 Å². The molecule has 3 aromatic rings. The fourth-order valence-electron chi connectivity index (χ4n) is 5.99. The molecule has 2 fully saturated rings. The summed E-state index contributed by atoms with van der Waals surface area (Å²) in [6.07, 6.45) is 10.9. The Balaban J connectivity index is 1.28. The number of benzene rings is 2. The number of nitrogens with zero attached hydrogens (tertiary/aromatic N) is 2. The molecule has 152 valence electrons. The molecule has 2 bridgehead atoms. The van der Waals surface area contributed by atoms with Crippen molar-refractivity contribution in [1.82, 2.24) is 15.1 Å². The van der Waals surface area contributed by atoms with Gasteiger partial charge in [-0.05, 0) is 53.9 Å². The molecule has 2 aliphatic carbocycles. The SMILES string of the molecule is O=C([C@H]1C[C@@H]2C=C[C@H]1C2)N1CCC[C@H](c2[nH]ncc2-c2cccc3ccccc23)C1. The molecule has 1 amide bonds. The number of H-pyrrole nitrogens is 1. The van der Waals surface area contributed by atoms with Crippen LogP contribution in [0.25, 0.3) is 21.9 Å². The minimum atomic E-state index is 0.207. The van der Waals surface area contributed by atoms with Gasteiger partial charge in [0, 0.05) is 36.2 Å². The topological polar surface area (TPSA) is 49.0 Å². The van der Waals surface area contributed by atoms with E-state index in [2.05, 4.69) is 69.7 Å². The van der Waals surface area contributed by atoms with Crippen molar-refractivity contribution < 1.29 is 4.79 Å². The van der Waals surface area contributed by atoms with E-state index in [1.807, 2.05) is 6.20 Å². The van der Waals surface area contributed by atoms with Crippen molar-refractivity contribution in [2.75, 3.05) is 13.1 Å². The average molecular weight is 398 g/mol. The van der Waals surface area contributed by atoms with Gasteiger partial charge in [0.2, 0.25) is 5.91 Å². The number of carbonyl (C=O) groups excluding carboxylic acids is 1. The van der Waals surface area contributed by atoms with Crippen molar-refractivity contribution in [3.8, 4) is 11.1 Å². The summed E-state index contributed by atoms with van der Waals surface area (Å²) in [5.41, 5.74) is 3.57. The lowest BCUT2D eigenvalue weighted by atomic mass is 9.87. The van der Waals surface area contributed by atoms with Crippen LogP contribution in [0.5, 0.6) is 0 Å². The molecule has 1 aromatic heterocycles. The van der Waals surface area contributed by atoms with Crippen molar-refractivity contribution in [1.29, 1.82) is 0 Å². The molecule has 4 heteroatoms. The highest BCUT2D eigenvalue weighted by atomic mass is 16.2. The van der Waals surface area contributed by atoms with Crippen LogP contribution in [0.2, 0.25) is 0 Å². The number of piperidine rings is 1. The predicted molar refractivity (Wildman–Crippen MR) is 119 cm³/mol. The van der Waals surface area contributed by atoms with Gasteiger partial charge in [0.05, 0.1) is 6.20 Å². The number of aromatic nitrogens is 2. The van der Waals surface area contributed by atoms with Gasteiger partial charge in [0.15, 0.2) is 0 Å². The highest BCUT2D eigenvalue weighted by Gasteiger charge is 2.42. The molecule has 2 heterocycles. The minimum absolute atomic E-state index is 0.207. The number of hydrogen-bond donors (Lipinski definition) is 1. The molecule has 1 saturated heterocycles. The maximum Gasteiger partial charge on any atom is 0.226 e. The van der Waals surface area contributed by atoms with Crippen LogP contribution in [-0.4, -0.2) is 34.1 Å². The Hall–Kier alpha value is -2.88. The van der Waals surface area contributed by atoms with Crippen LogP contribution in [0.15, 0.2) is 60.8 Å². The van der Waals surface area contributed by atoms with E-state index in [0.717, 1.165) is 32.4 Å². The van der Waals surface area contributed by atoms with Crippen LogP contribution >= 0.6 is 0 Å². The maximum absolute atomic E-state index is 13.3. The van der Waals surface area contributed by atoms with Gasteiger partial charge in [-0.15, -0.1) is 0 Å². The third kappa shape index (κ3) is 2.89. The normalized spacial score (nSPS) is 27.8. The Morgan fingerprint density at radius 3 is 2.80 bits per heavy atom. The second kappa shape index (κ2) is 7.12. The summed E-state index contributed by atoms with van der Waals surface area (Å²) in [7, 11) is 0. The van der Waals surface area contributed by atoms with Gasteiger partial charge in [0.25, 0.3) is 0 Å². The predicted octanol–water partition coefficient (Wildman–Crippen LogP) is 5.15. The number of rotatable bonds is 3. The van der Waals surface area contributed by atoms with Crippen molar-refractivity contribution in [3.63, 3.8) is 0 Å². The van der Waals surface area contributed by atoms with Crippen molar-refractivity contribution in [3.05, 3.63) is 66.5 Å². The van der Waals surface area contributed by atoms with Crippen LogP contribution in [-0.2, 0) is 4.79 Å².